The van der Waals surface area contributed by atoms with Gasteiger partial charge in [-0.3, -0.25) is 4.79 Å². The van der Waals surface area contributed by atoms with Crippen LogP contribution in [0.25, 0.3) is 0 Å². The molecule has 5 nitrogen and oxygen atoms in total. The van der Waals surface area contributed by atoms with Gasteiger partial charge in [-0.2, -0.15) is 4.31 Å². The summed E-state index contributed by atoms with van der Waals surface area (Å²) in [5.74, 6) is -0.276. The number of ether oxygens (including phenoxy) is 1. The summed E-state index contributed by atoms with van der Waals surface area (Å²) < 4.78 is 33.5. The Hall–Kier alpha value is -1.89. The topological polar surface area (TPSA) is 63.7 Å². The van der Waals surface area contributed by atoms with Crippen LogP contribution in [0.3, 0.4) is 0 Å². The Morgan fingerprint density at radius 2 is 1.77 bits per heavy atom. The lowest BCUT2D eigenvalue weighted by atomic mass is 9.90. The Bertz CT molecular complexity index is 942. The maximum Gasteiger partial charge on any atom is 0.306 e. The van der Waals surface area contributed by atoms with E-state index >= 15 is 0 Å². The molecule has 2 aliphatic rings. The Balaban J connectivity index is 1.79. The number of benzene rings is 2. The second kappa shape index (κ2) is 6.68. The zero-order valence-corrected chi connectivity index (χ0v) is 15.5. The molecule has 2 aromatic carbocycles. The molecule has 26 heavy (non-hydrogen) atoms. The third-order valence-corrected chi connectivity index (χ3v) is 7.12. The molecular formula is C19H18ClNO4S. The van der Waals surface area contributed by atoms with Gasteiger partial charge in [0.15, 0.2) is 0 Å². The molecule has 0 unspecified atom stereocenters. The number of carbonyl (C=O) groups excluding carboxylic acids is 1. The van der Waals surface area contributed by atoms with Gasteiger partial charge in [-0.15, -0.1) is 0 Å². The number of sulfonamides is 1. The number of rotatable bonds is 3. The van der Waals surface area contributed by atoms with Crippen LogP contribution in [0.2, 0.25) is 5.02 Å². The average molecular weight is 392 g/mol. The summed E-state index contributed by atoms with van der Waals surface area (Å²) in [6, 6.07) is 13.4. The molecule has 7 heteroatoms. The fourth-order valence-corrected chi connectivity index (χ4v) is 5.50. The van der Waals surface area contributed by atoms with E-state index in [1.165, 1.54) is 16.4 Å². The lowest BCUT2D eigenvalue weighted by molar-refractivity contribution is -0.143. The van der Waals surface area contributed by atoms with Gasteiger partial charge in [0, 0.05) is 18.0 Å². The molecular weight excluding hydrogens is 374 g/mol. The van der Waals surface area contributed by atoms with Gasteiger partial charge in [0.1, 0.15) is 6.10 Å². The van der Waals surface area contributed by atoms with Crippen molar-refractivity contribution in [3.63, 3.8) is 0 Å². The van der Waals surface area contributed by atoms with E-state index in [2.05, 4.69) is 0 Å². The van der Waals surface area contributed by atoms with Gasteiger partial charge in [-0.1, -0.05) is 35.9 Å². The molecule has 0 radical (unpaired) electrons. The highest BCUT2D eigenvalue weighted by Crippen LogP contribution is 2.40. The molecule has 2 atom stereocenters. The normalized spacial score (nSPS) is 23.5. The van der Waals surface area contributed by atoms with Crippen LogP contribution in [0.5, 0.6) is 0 Å². The first kappa shape index (κ1) is 17.5. The minimum absolute atomic E-state index is 0.190. The average Bonchev–Trinajstić information content (AvgIpc) is 3.07. The van der Waals surface area contributed by atoms with Gasteiger partial charge in [-0.25, -0.2) is 8.42 Å². The molecule has 2 aliphatic heterocycles. The first-order chi connectivity index (χ1) is 12.5. The van der Waals surface area contributed by atoms with E-state index < -0.39 is 22.2 Å². The van der Waals surface area contributed by atoms with Crippen molar-refractivity contribution in [3.05, 3.63) is 64.7 Å². The monoisotopic (exact) mass is 391 g/mol. The second-order valence-corrected chi connectivity index (χ2v) is 8.86. The van der Waals surface area contributed by atoms with E-state index in [4.69, 9.17) is 16.3 Å². The molecule has 2 heterocycles. The highest BCUT2D eigenvalue weighted by Gasteiger charge is 2.44. The molecule has 0 aliphatic carbocycles. The first-order valence-electron chi connectivity index (χ1n) is 8.51. The number of esters is 1. The molecule has 4 rings (SSSR count). The standard InChI is InChI=1S/C19H18ClNO4S/c20-14-5-7-15(8-6-14)26(23,24)21-12-11-13-3-1-2-4-16(13)19(21)17-9-10-18(22)25-17/h1-8,17,19H,9-12H2/t17-,19-/m0/s1. The van der Waals surface area contributed by atoms with E-state index in [-0.39, 0.29) is 10.9 Å². The number of nitrogens with zero attached hydrogens (tertiary/aromatic N) is 1. The van der Waals surface area contributed by atoms with E-state index in [0.29, 0.717) is 30.8 Å². The number of hydrogen-bond donors (Lipinski definition) is 0. The number of carbonyl (C=O) groups is 1. The molecule has 0 saturated carbocycles. The number of halogens is 1. The van der Waals surface area contributed by atoms with Crippen LogP contribution in [0.1, 0.15) is 30.0 Å². The number of cyclic esters (lactones) is 1. The van der Waals surface area contributed by atoms with E-state index in [9.17, 15) is 13.2 Å². The van der Waals surface area contributed by atoms with Crippen molar-refractivity contribution in [1.82, 2.24) is 4.31 Å². The van der Waals surface area contributed by atoms with Crippen LogP contribution in [0.15, 0.2) is 53.4 Å². The zero-order chi connectivity index (χ0) is 18.3. The summed E-state index contributed by atoms with van der Waals surface area (Å²) in [5.41, 5.74) is 2.01. The molecule has 1 fully saturated rings. The third kappa shape index (κ3) is 3.02. The highest BCUT2D eigenvalue weighted by atomic mass is 35.5. The molecule has 0 N–H and O–H groups in total. The van der Waals surface area contributed by atoms with E-state index in [1.807, 2.05) is 24.3 Å². The number of fused-ring (bicyclic) bond motifs is 1. The maximum absolute atomic E-state index is 13.3. The minimum Gasteiger partial charge on any atom is -0.460 e. The van der Waals surface area contributed by atoms with Crippen LogP contribution in [0.4, 0.5) is 0 Å². The summed E-state index contributed by atoms with van der Waals surface area (Å²) in [6.07, 6.45) is 0.994. The van der Waals surface area contributed by atoms with Gasteiger partial charge < -0.3 is 4.74 Å². The quantitative estimate of drug-likeness (QED) is 0.753. The molecule has 0 aromatic heterocycles. The van der Waals surface area contributed by atoms with Crippen molar-refractivity contribution in [3.8, 4) is 0 Å². The molecule has 1 saturated heterocycles. The van der Waals surface area contributed by atoms with Crippen molar-refractivity contribution >= 4 is 27.6 Å². The first-order valence-corrected chi connectivity index (χ1v) is 10.3. The van der Waals surface area contributed by atoms with Gasteiger partial charge in [0.2, 0.25) is 10.0 Å². The van der Waals surface area contributed by atoms with Gasteiger partial charge in [0.25, 0.3) is 0 Å². The summed E-state index contributed by atoms with van der Waals surface area (Å²) >= 11 is 5.90. The third-order valence-electron chi connectivity index (χ3n) is 4.97. The predicted octanol–water partition coefficient (Wildman–Crippen LogP) is 3.33. The lowest BCUT2D eigenvalue weighted by Crippen LogP contribution is -2.45. The van der Waals surface area contributed by atoms with Crippen LogP contribution in [-0.4, -0.2) is 31.3 Å². The van der Waals surface area contributed by atoms with E-state index in [0.717, 1.165) is 11.1 Å². The van der Waals surface area contributed by atoms with Crippen LogP contribution < -0.4 is 0 Å². The Kier molecular flexibility index (Phi) is 4.50. The summed E-state index contributed by atoms with van der Waals surface area (Å²) in [4.78, 5) is 11.9. The van der Waals surface area contributed by atoms with Crippen molar-refractivity contribution in [1.29, 1.82) is 0 Å². The summed E-state index contributed by atoms with van der Waals surface area (Å²) in [7, 11) is -3.74. The molecule has 2 aromatic rings. The van der Waals surface area contributed by atoms with Gasteiger partial charge >= 0.3 is 5.97 Å². The largest absolute Gasteiger partial charge is 0.460 e. The molecule has 0 bridgehead atoms. The fourth-order valence-electron chi connectivity index (χ4n) is 3.74. The van der Waals surface area contributed by atoms with Crippen molar-refractivity contribution in [2.24, 2.45) is 0 Å². The highest BCUT2D eigenvalue weighted by molar-refractivity contribution is 7.89. The van der Waals surface area contributed by atoms with Crippen LogP contribution >= 0.6 is 11.6 Å². The van der Waals surface area contributed by atoms with Crippen molar-refractivity contribution in [2.75, 3.05) is 6.54 Å². The molecule has 136 valence electrons. The van der Waals surface area contributed by atoms with E-state index in [1.54, 1.807) is 12.1 Å². The van der Waals surface area contributed by atoms with Gasteiger partial charge in [0.05, 0.1) is 10.9 Å². The van der Waals surface area contributed by atoms with Crippen molar-refractivity contribution < 1.29 is 17.9 Å². The van der Waals surface area contributed by atoms with Crippen LogP contribution in [-0.2, 0) is 26.0 Å². The summed E-state index contributed by atoms with van der Waals surface area (Å²) in [5, 5.41) is 0.481. The minimum atomic E-state index is -3.74. The predicted molar refractivity (Wildman–Crippen MR) is 97.3 cm³/mol. The molecule has 0 amide bonds. The molecule has 0 spiro atoms. The number of hydrogen-bond acceptors (Lipinski definition) is 4. The fraction of sp³-hybridized carbons (Fsp3) is 0.316. The lowest BCUT2D eigenvalue weighted by Gasteiger charge is -2.38. The Morgan fingerprint density at radius 1 is 1.04 bits per heavy atom. The van der Waals surface area contributed by atoms with Crippen LogP contribution in [0, 0.1) is 0 Å². The Morgan fingerprint density at radius 3 is 2.46 bits per heavy atom. The smallest absolute Gasteiger partial charge is 0.306 e. The second-order valence-electron chi connectivity index (χ2n) is 6.53. The van der Waals surface area contributed by atoms with Crippen molar-refractivity contribution in [2.45, 2.75) is 36.3 Å². The SMILES string of the molecule is O=C1CC[C@@H]([C@@H]2c3ccccc3CCN2S(=O)(=O)c2ccc(Cl)cc2)O1. The zero-order valence-electron chi connectivity index (χ0n) is 14.0. The summed E-state index contributed by atoms with van der Waals surface area (Å²) in [6.45, 7) is 0.348. The maximum atomic E-state index is 13.3. The van der Waals surface area contributed by atoms with Gasteiger partial charge in [-0.05, 0) is 48.2 Å². The Labute approximate surface area is 157 Å².